The third-order valence-corrected chi connectivity index (χ3v) is 6.69. The van der Waals surface area contributed by atoms with Crippen LogP contribution in [0.15, 0.2) is 53.1 Å². The maximum atomic E-state index is 13.5. The van der Waals surface area contributed by atoms with Gasteiger partial charge in [-0.25, -0.2) is 0 Å². The molecule has 2 N–H and O–H groups in total. The first-order valence-electron chi connectivity index (χ1n) is 12.1. The number of likely N-dealkylation sites (tertiary alicyclic amines) is 1. The molecule has 33 heavy (non-hydrogen) atoms. The number of nitrogens with one attached hydrogen (secondary N) is 2. The minimum absolute atomic E-state index is 0.0543. The van der Waals surface area contributed by atoms with Crippen molar-refractivity contribution in [3.8, 4) is 0 Å². The van der Waals surface area contributed by atoms with Crippen LogP contribution in [0.2, 0.25) is 0 Å². The van der Waals surface area contributed by atoms with Crippen LogP contribution in [0.5, 0.6) is 0 Å². The molecule has 7 nitrogen and oxygen atoms in total. The third kappa shape index (κ3) is 6.24. The van der Waals surface area contributed by atoms with E-state index in [4.69, 9.17) is 4.42 Å². The van der Waals surface area contributed by atoms with E-state index in [2.05, 4.69) is 10.6 Å². The lowest BCUT2D eigenvalue weighted by molar-refractivity contribution is -0.137. The van der Waals surface area contributed by atoms with E-state index in [-0.39, 0.29) is 29.5 Å². The molecule has 1 aliphatic carbocycles. The SMILES string of the molecule is O=C(N[C@H](Cc1ccccc1)C(=O)N1CCC[C@H](C(=O)NC2CCCCC2)C1)c1ccco1. The summed E-state index contributed by atoms with van der Waals surface area (Å²) in [7, 11) is 0. The second kappa shape index (κ2) is 11.2. The number of carbonyl (C=O) groups is 3. The lowest BCUT2D eigenvalue weighted by Gasteiger charge is -2.35. The molecule has 176 valence electrons. The highest BCUT2D eigenvalue weighted by molar-refractivity contribution is 5.95. The number of nitrogens with zero attached hydrogens (tertiary/aromatic N) is 1. The van der Waals surface area contributed by atoms with E-state index in [1.807, 2.05) is 30.3 Å². The van der Waals surface area contributed by atoms with Crippen LogP contribution < -0.4 is 10.6 Å². The summed E-state index contributed by atoms with van der Waals surface area (Å²) < 4.78 is 5.20. The van der Waals surface area contributed by atoms with Gasteiger partial charge in [0.25, 0.3) is 5.91 Å². The van der Waals surface area contributed by atoms with E-state index in [0.717, 1.165) is 44.1 Å². The van der Waals surface area contributed by atoms with Gasteiger partial charge in [-0.3, -0.25) is 14.4 Å². The summed E-state index contributed by atoms with van der Waals surface area (Å²) >= 11 is 0. The normalized spacial score (nSPS) is 20.1. The number of benzene rings is 1. The van der Waals surface area contributed by atoms with Gasteiger partial charge in [-0.1, -0.05) is 49.6 Å². The quantitative estimate of drug-likeness (QED) is 0.676. The minimum Gasteiger partial charge on any atom is -0.459 e. The number of carbonyl (C=O) groups excluding carboxylic acids is 3. The Labute approximate surface area is 194 Å². The molecule has 3 amide bonds. The highest BCUT2D eigenvalue weighted by atomic mass is 16.3. The summed E-state index contributed by atoms with van der Waals surface area (Å²) in [5, 5.41) is 6.06. The highest BCUT2D eigenvalue weighted by Crippen LogP contribution is 2.22. The molecular weight excluding hydrogens is 418 g/mol. The maximum Gasteiger partial charge on any atom is 0.287 e. The second-order valence-electron chi connectivity index (χ2n) is 9.16. The number of amides is 3. The molecule has 2 fully saturated rings. The fourth-order valence-corrected chi connectivity index (χ4v) is 4.86. The summed E-state index contributed by atoms with van der Waals surface area (Å²) in [5.41, 5.74) is 0.958. The van der Waals surface area contributed by atoms with Crippen LogP contribution in [0.4, 0.5) is 0 Å². The van der Waals surface area contributed by atoms with Gasteiger partial charge >= 0.3 is 0 Å². The molecule has 1 aromatic carbocycles. The van der Waals surface area contributed by atoms with Crippen LogP contribution >= 0.6 is 0 Å². The highest BCUT2D eigenvalue weighted by Gasteiger charge is 2.33. The molecule has 7 heteroatoms. The summed E-state index contributed by atoms with van der Waals surface area (Å²) in [6, 6.07) is 12.4. The van der Waals surface area contributed by atoms with E-state index in [0.29, 0.717) is 19.5 Å². The van der Waals surface area contributed by atoms with Crippen molar-refractivity contribution in [3.63, 3.8) is 0 Å². The summed E-state index contributed by atoms with van der Waals surface area (Å²) in [6.07, 6.45) is 9.02. The van der Waals surface area contributed by atoms with Crippen LogP contribution in [0.25, 0.3) is 0 Å². The molecule has 0 radical (unpaired) electrons. The lowest BCUT2D eigenvalue weighted by atomic mass is 9.92. The summed E-state index contributed by atoms with van der Waals surface area (Å²) in [5.74, 6) is -0.558. The van der Waals surface area contributed by atoms with Crippen molar-refractivity contribution < 1.29 is 18.8 Å². The van der Waals surface area contributed by atoms with E-state index >= 15 is 0 Å². The van der Waals surface area contributed by atoms with Gasteiger partial charge in [0.15, 0.2) is 5.76 Å². The molecule has 1 saturated carbocycles. The fourth-order valence-electron chi connectivity index (χ4n) is 4.86. The van der Waals surface area contributed by atoms with Gasteiger partial charge in [0.2, 0.25) is 11.8 Å². The molecule has 1 saturated heterocycles. The van der Waals surface area contributed by atoms with Gasteiger partial charge in [-0.15, -0.1) is 0 Å². The average Bonchev–Trinajstić information content (AvgIpc) is 3.40. The van der Waals surface area contributed by atoms with Gasteiger partial charge < -0.3 is 20.0 Å². The van der Waals surface area contributed by atoms with Crippen LogP contribution in [-0.2, 0) is 16.0 Å². The lowest BCUT2D eigenvalue weighted by Crippen LogP contribution is -2.54. The van der Waals surface area contributed by atoms with Crippen molar-refractivity contribution in [3.05, 3.63) is 60.1 Å². The molecular formula is C26H33N3O4. The van der Waals surface area contributed by atoms with Crippen molar-refractivity contribution in [2.24, 2.45) is 5.92 Å². The Balaban J connectivity index is 1.42. The van der Waals surface area contributed by atoms with E-state index < -0.39 is 11.9 Å². The zero-order valence-electron chi connectivity index (χ0n) is 19.0. The van der Waals surface area contributed by atoms with Crippen LogP contribution in [0.1, 0.15) is 61.1 Å². The fraction of sp³-hybridized carbons (Fsp3) is 0.500. The van der Waals surface area contributed by atoms with Gasteiger partial charge in [0.1, 0.15) is 6.04 Å². The van der Waals surface area contributed by atoms with Gasteiger partial charge in [0.05, 0.1) is 12.2 Å². The summed E-state index contributed by atoms with van der Waals surface area (Å²) in [6.45, 7) is 0.979. The van der Waals surface area contributed by atoms with Gasteiger partial charge in [-0.05, 0) is 43.4 Å². The number of hydrogen-bond donors (Lipinski definition) is 2. The predicted molar refractivity (Wildman–Crippen MR) is 124 cm³/mol. The zero-order valence-corrected chi connectivity index (χ0v) is 19.0. The van der Waals surface area contributed by atoms with Crippen LogP contribution in [-0.4, -0.2) is 47.8 Å². The van der Waals surface area contributed by atoms with E-state index in [1.165, 1.54) is 12.7 Å². The average molecular weight is 452 g/mol. The first-order valence-corrected chi connectivity index (χ1v) is 12.1. The molecule has 2 aliphatic rings. The Morgan fingerprint density at radius 2 is 1.76 bits per heavy atom. The largest absolute Gasteiger partial charge is 0.459 e. The number of rotatable bonds is 7. The number of furan rings is 1. The molecule has 4 rings (SSSR count). The minimum atomic E-state index is -0.731. The van der Waals surface area contributed by atoms with Crippen LogP contribution in [0, 0.1) is 5.92 Å². The van der Waals surface area contributed by atoms with E-state index in [1.54, 1.807) is 17.0 Å². The number of hydrogen-bond acceptors (Lipinski definition) is 4. The molecule has 0 bridgehead atoms. The maximum absolute atomic E-state index is 13.5. The Hall–Kier alpha value is -3.09. The molecule has 2 aromatic rings. The number of piperidine rings is 1. The second-order valence-corrected chi connectivity index (χ2v) is 9.16. The van der Waals surface area contributed by atoms with Crippen molar-refractivity contribution in [2.45, 2.75) is 63.5 Å². The zero-order chi connectivity index (χ0) is 23.0. The third-order valence-electron chi connectivity index (χ3n) is 6.69. The Morgan fingerprint density at radius 3 is 2.48 bits per heavy atom. The van der Waals surface area contributed by atoms with Gasteiger partial charge in [-0.2, -0.15) is 0 Å². The Morgan fingerprint density at radius 1 is 0.970 bits per heavy atom. The summed E-state index contributed by atoms with van der Waals surface area (Å²) in [4.78, 5) is 40.8. The predicted octanol–water partition coefficient (Wildman–Crippen LogP) is 3.31. The van der Waals surface area contributed by atoms with Crippen molar-refractivity contribution in [2.75, 3.05) is 13.1 Å². The monoisotopic (exact) mass is 451 g/mol. The molecule has 1 aliphatic heterocycles. The molecule has 2 heterocycles. The van der Waals surface area contributed by atoms with Crippen molar-refractivity contribution in [1.29, 1.82) is 0 Å². The Bertz CT molecular complexity index is 922. The van der Waals surface area contributed by atoms with Crippen molar-refractivity contribution in [1.82, 2.24) is 15.5 Å². The molecule has 2 atom stereocenters. The van der Waals surface area contributed by atoms with Crippen molar-refractivity contribution >= 4 is 17.7 Å². The molecule has 1 aromatic heterocycles. The van der Waals surface area contributed by atoms with E-state index in [9.17, 15) is 14.4 Å². The molecule has 0 spiro atoms. The van der Waals surface area contributed by atoms with Gasteiger partial charge in [0, 0.05) is 25.6 Å². The smallest absolute Gasteiger partial charge is 0.287 e. The Kier molecular flexibility index (Phi) is 7.81. The molecule has 0 unspecified atom stereocenters. The first-order chi connectivity index (χ1) is 16.1. The van der Waals surface area contributed by atoms with Crippen LogP contribution in [0.3, 0.4) is 0 Å². The standard InChI is InChI=1S/C26H33N3O4/c30-24(27-21-12-5-2-6-13-21)20-11-7-15-29(18-20)26(32)22(17-19-9-3-1-4-10-19)28-25(31)23-14-8-16-33-23/h1,3-4,8-10,14,16,20-22H,2,5-7,11-13,15,17-18H2,(H,27,30)(H,28,31)/t20-,22+/m0/s1. The topological polar surface area (TPSA) is 91.7 Å². The first kappa shape index (κ1) is 23.1.